The highest BCUT2D eigenvalue weighted by molar-refractivity contribution is 5.73. The fraction of sp³-hybridized carbons (Fsp3) is 0.733. The third-order valence-electron chi connectivity index (χ3n) is 4.44. The lowest BCUT2D eigenvalue weighted by molar-refractivity contribution is -0.145. The minimum Gasteiger partial charge on any atom is -0.480 e. The number of aromatic nitrogens is 2. The van der Waals surface area contributed by atoms with Crippen molar-refractivity contribution in [3.8, 4) is 0 Å². The third-order valence-corrected chi connectivity index (χ3v) is 4.44. The van der Waals surface area contributed by atoms with E-state index in [1.165, 1.54) is 0 Å². The first-order chi connectivity index (χ1) is 9.55. The molecule has 5 heteroatoms. The van der Waals surface area contributed by atoms with Gasteiger partial charge in [-0.1, -0.05) is 20.3 Å². The molecule has 0 bridgehead atoms. The lowest BCUT2D eigenvalue weighted by atomic mass is 9.89. The van der Waals surface area contributed by atoms with Crippen molar-refractivity contribution >= 4 is 5.97 Å². The summed E-state index contributed by atoms with van der Waals surface area (Å²) in [4.78, 5) is 13.6. The minimum atomic E-state index is -0.693. The van der Waals surface area contributed by atoms with Gasteiger partial charge in [0.2, 0.25) is 0 Å². The zero-order chi connectivity index (χ0) is 14.7. The summed E-state index contributed by atoms with van der Waals surface area (Å²) < 4.78 is 1.88. The van der Waals surface area contributed by atoms with Crippen LogP contribution in [0.3, 0.4) is 0 Å². The molecule has 0 amide bonds. The Kier molecular flexibility index (Phi) is 4.81. The van der Waals surface area contributed by atoms with Crippen molar-refractivity contribution in [3.63, 3.8) is 0 Å². The molecule has 5 nitrogen and oxygen atoms in total. The molecular weight excluding hydrogens is 254 g/mol. The number of rotatable bonds is 5. The molecule has 2 unspecified atom stereocenters. The fourth-order valence-electron chi connectivity index (χ4n) is 3.00. The first-order valence-electron chi connectivity index (χ1n) is 7.53. The van der Waals surface area contributed by atoms with E-state index >= 15 is 0 Å². The summed E-state index contributed by atoms with van der Waals surface area (Å²) in [5.74, 6) is -0.147. The van der Waals surface area contributed by atoms with E-state index in [0.29, 0.717) is 12.5 Å². The van der Waals surface area contributed by atoms with Crippen LogP contribution >= 0.6 is 0 Å². The molecule has 0 aliphatic carbocycles. The maximum Gasteiger partial charge on any atom is 0.320 e. The zero-order valence-electron chi connectivity index (χ0n) is 12.7. The Bertz CT molecular complexity index is 470. The minimum absolute atomic E-state index is 0.353. The van der Waals surface area contributed by atoms with E-state index in [9.17, 15) is 9.90 Å². The molecule has 20 heavy (non-hydrogen) atoms. The van der Waals surface area contributed by atoms with E-state index in [1.54, 1.807) is 0 Å². The van der Waals surface area contributed by atoms with Gasteiger partial charge >= 0.3 is 5.97 Å². The van der Waals surface area contributed by atoms with Crippen LogP contribution in [0.2, 0.25) is 0 Å². The second kappa shape index (κ2) is 6.39. The molecular formula is C15H25N3O2. The predicted octanol–water partition coefficient (Wildman–Crippen LogP) is 2.06. The van der Waals surface area contributed by atoms with Crippen LogP contribution in [0.25, 0.3) is 0 Å². The first kappa shape index (κ1) is 15.0. The lowest BCUT2D eigenvalue weighted by Gasteiger charge is -2.36. The smallest absolute Gasteiger partial charge is 0.320 e. The molecule has 0 spiro atoms. The van der Waals surface area contributed by atoms with Crippen molar-refractivity contribution < 1.29 is 9.90 Å². The van der Waals surface area contributed by atoms with Gasteiger partial charge in [-0.25, -0.2) is 0 Å². The van der Waals surface area contributed by atoms with Crippen LogP contribution in [0.1, 0.15) is 44.5 Å². The largest absolute Gasteiger partial charge is 0.480 e. The molecule has 1 saturated heterocycles. The maximum absolute atomic E-state index is 11.5. The summed E-state index contributed by atoms with van der Waals surface area (Å²) in [7, 11) is 1.93. The van der Waals surface area contributed by atoms with E-state index in [-0.39, 0.29) is 6.04 Å². The van der Waals surface area contributed by atoms with Crippen LogP contribution in [0.5, 0.6) is 0 Å². The number of carboxylic acids is 1. The van der Waals surface area contributed by atoms with Crippen molar-refractivity contribution in [2.75, 3.05) is 6.54 Å². The molecule has 1 aliphatic rings. The molecule has 1 N–H and O–H groups in total. The molecule has 1 fully saturated rings. The number of carbonyl (C=O) groups is 1. The highest BCUT2D eigenvalue weighted by Gasteiger charge is 2.33. The summed E-state index contributed by atoms with van der Waals surface area (Å²) in [6.45, 7) is 5.77. The summed E-state index contributed by atoms with van der Waals surface area (Å²) in [5, 5.41) is 13.9. The Labute approximate surface area is 120 Å². The number of carboxylic acid groups (broad SMARTS) is 1. The first-order valence-corrected chi connectivity index (χ1v) is 7.53. The molecule has 0 radical (unpaired) electrons. The zero-order valence-corrected chi connectivity index (χ0v) is 12.7. The van der Waals surface area contributed by atoms with Crippen LogP contribution < -0.4 is 0 Å². The number of hydrogen-bond acceptors (Lipinski definition) is 3. The second-order valence-corrected chi connectivity index (χ2v) is 5.73. The Balaban J connectivity index is 2.10. The van der Waals surface area contributed by atoms with Crippen molar-refractivity contribution in [1.82, 2.24) is 14.7 Å². The molecule has 1 aliphatic heterocycles. The quantitative estimate of drug-likeness (QED) is 0.896. The number of aliphatic carboxylic acids is 1. The summed E-state index contributed by atoms with van der Waals surface area (Å²) in [5.41, 5.74) is 2.17. The molecule has 112 valence electrons. The van der Waals surface area contributed by atoms with Gasteiger partial charge in [0.1, 0.15) is 6.04 Å². The van der Waals surface area contributed by atoms with Gasteiger partial charge in [-0.2, -0.15) is 5.10 Å². The lowest BCUT2D eigenvalue weighted by Crippen LogP contribution is -2.46. The highest BCUT2D eigenvalue weighted by Crippen LogP contribution is 2.27. The van der Waals surface area contributed by atoms with E-state index in [1.807, 2.05) is 11.7 Å². The number of nitrogens with zero attached hydrogens (tertiary/aromatic N) is 3. The maximum atomic E-state index is 11.5. The molecule has 0 saturated carbocycles. The van der Waals surface area contributed by atoms with Crippen LogP contribution in [0, 0.1) is 5.92 Å². The second-order valence-electron chi connectivity index (χ2n) is 5.73. The van der Waals surface area contributed by atoms with Crippen LogP contribution in [0.4, 0.5) is 0 Å². The van der Waals surface area contributed by atoms with E-state index in [0.717, 1.165) is 43.6 Å². The van der Waals surface area contributed by atoms with Crippen LogP contribution in [-0.2, 0) is 24.8 Å². The monoisotopic (exact) mass is 279 g/mol. The summed E-state index contributed by atoms with van der Waals surface area (Å²) in [6.07, 6.45) is 3.85. The van der Waals surface area contributed by atoms with Crippen molar-refractivity contribution in [2.45, 2.75) is 52.1 Å². The average Bonchev–Trinajstić information content (AvgIpc) is 2.79. The molecule has 2 heterocycles. The molecule has 1 aromatic heterocycles. The summed E-state index contributed by atoms with van der Waals surface area (Å²) >= 11 is 0. The van der Waals surface area contributed by atoms with Gasteiger partial charge in [0, 0.05) is 13.6 Å². The molecule has 1 aromatic rings. The number of likely N-dealkylation sites (tertiary alicyclic amines) is 1. The van der Waals surface area contributed by atoms with Crippen LogP contribution in [-0.4, -0.2) is 38.3 Å². The van der Waals surface area contributed by atoms with Gasteiger partial charge in [-0.3, -0.25) is 14.4 Å². The third kappa shape index (κ3) is 3.20. The van der Waals surface area contributed by atoms with Gasteiger partial charge in [0.25, 0.3) is 0 Å². The van der Waals surface area contributed by atoms with Gasteiger partial charge in [-0.05, 0) is 37.8 Å². The average molecular weight is 279 g/mol. The van der Waals surface area contributed by atoms with E-state index in [4.69, 9.17) is 0 Å². The van der Waals surface area contributed by atoms with Gasteiger partial charge < -0.3 is 5.11 Å². The molecule has 2 rings (SSSR count). The SMILES string of the molecule is CCc1cc(CN2CCC(CC)CC2C(=O)O)n(C)n1. The van der Waals surface area contributed by atoms with Gasteiger partial charge in [0.05, 0.1) is 11.4 Å². The molecule has 2 atom stereocenters. The number of aryl methyl sites for hydroxylation is 2. The molecule has 0 aromatic carbocycles. The van der Waals surface area contributed by atoms with Crippen LogP contribution in [0.15, 0.2) is 6.07 Å². The Morgan fingerprint density at radius 2 is 2.25 bits per heavy atom. The Morgan fingerprint density at radius 1 is 1.50 bits per heavy atom. The van der Waals surface area contributed by atoms with Gasteiger partial charge in [0.15, 0.2) is 0 Å². The van der Waals surface area contributed by atoms with E-state index in [2.05, 4.69) is 29.9 Å². The fourth-order valence-corrected chi connectivity index (χ4v) is 3.00. The van der Waals surface area contributed by atoms with Gasteiger partial charge in [-0.15, -0.1) is 0 Å². The van der Waals surface area contributed by atoms with Crippen molar-refractivity contribution in [3.05, 3.63) is 17.5 Å². The predicted molar refractivity (Wildman–Crippen MR) is 77.4 cm³/mol. The van der Waals surface area contributed by atoms with E-state index < -0.39 is 5.97 Å². The highest BCUT2D eigenvalue weighted by atomic mass is 16.4. The Hall–Kier alpha value is -1.36. The topological polar surface area (TPSA) is 58.4 Å². The normalized spacial score (nSPS) is 23.9. The standard InChI is InChI=1S/C15H25N3O2/c1-4-11-6-7-18(14(8-11)15(19)20)10-13-9-12(5-2)16-17(13)3/h9,11,14H,4-8,10H2,1-3H3,(H,19,20). The number of hydrogen-bond donors (Lipinski definition) is 1. The van der Waals surface area contributed by atoms with Crippen molar-refractivity contribution in [2.24, 2.45) is 13.0 Å². The number of piperidine rings is 1. The summed E-state index contributed by atoms with van der Waals surface area (Å²) in [6, 6.07) is 1.74. The van der Waals surface area contributed by atoms with Crippen molar-refractivity contribution in [1.29, 1.82) is 0 Å². The Morgan fingerprint density at radius 3 is 2.80 bits per heavy atom.